The normalized spacial score (nSPS) is 23.3. The molecule has 1 aromatic rings. The maximum Gasteiger partial charge on any atom is 0.312 e. The van der Waals surface area contributed by atoms with Crippen LogP contribution in [-0.2, 0) is 14.4 Å². The lowest BCUT2D eigenvalue weighted by molar-refractivity contribution is -0.141. The van der Waals surface area contributed by atoms with Crippen LogP contribution in [0.15, 0.2) is 18.2 Å². The molecule has 1 aromatic carbocycles. The number of carbonyl (C=O) groups excluding carboxylic acids is 3. The Hall–Kier alpha value is -1.59. The van der Waals surface area contributed by atoms with Gasteiger partial charge in [-0.05, 0) is 25.0 Å². The van der Waals surface area contributed by atoms with Crippen LogP contribution in [0.3, 0.4) is 0 Å². The molecule has 24 heavy (non-hydrogen) atoms. The Bertz CT molecular complexity index is 667. The van der Waals surface area contributed by atoms with Gasteiger partial charge in [-0.3, -0.25) is 19.3 Å². The number of imide groups is 1. The highest BCUT2D eigenvalue weighted by Gasteiger charge is 2.47. The van der Waals surface area contributed by atoms with Gasteiger partial charge >= 0.3 is 5.97 Å². The zero-order chi connectivity index (χ0) is 17.3. The number of hydrogen-bond acceptors (Lipinski definition) is 4. The molecule has 2 amide bonds. The van der Waals surface area contributed by atoms with E-state index in [2.05, 4.69) is 0 Å². The molecule has 1 aliphatic heterocycles. The Kier molecular flexibility index (Phi) is 5.11. The molecule has 5 nitrogen and oxygen atoms in total. The van der Waals surface area contributed by atoms with Crippen LogP contribution in [0.25, 0.3) is 0 Å². The quantitative estimate of drug-likeness (QED) is 0.463. The molecule has 3 rings (SSSR count). The van der Waals surface area contributed by atoms with Crippen LogP contribution >= 0.6 is 23.2 Å². The monoisotopic (exact) mass is 369 g/mol. The molecular weight excluding hydrogens is 353 g/mol. The van der Waals surface area contributed by atoms with Crippen molar-refractivity contribution in [2.75, 3.05) is 6.54 Å². The number of hydrogen-bond donors (Lipinski definition) is 0. The van der Waals surface area contributed by atoms with Gasteiger partial charge in [-0.25, -0.2) is 0 Å². The minimum absolute atomic E-state index is 0.0445. The van der Waals surface area contributed by atoms with Crippen molar-refractivity contribution in [1.82, 2.24) is 4.90 Å². The first-order chi connectivity index (χ1) is 11.5. The van der Waals surface area contributed by atoms with Crippen molar-refractivity contribution in [3.8, 4) is 5.75 Å². The average molecular weight is 370 g/mol. The van der Waals surface area contributed by atoms with Crippen LogP contribution in [0, 0.1) is 11.8 Å². The van der Waals surface area contributed by atoms with Crippen molar-refractivity contribution in [1.29, 1.82) is 0 Å². The van der Waals surface area contributed by atoms with Gasteiger partial charge < -0.3 is 4.74 Å². The summed E-state index contributed by atoms with van der Waals surface area (Å²) in [5.41, 5.74) is 0. The van der Waals surface area contributed by atoms with Crippen molar-refractivity contribution in [3.05, 3.63) is 28.2 Å². The fourth-order valence-corrected chi connectivity index (χ4v) is 3.67. The van der Waals surface area contributed by atoms with E-state index in [-0.39, 0.29) is 47.4 Å². The molecule has 0 bridgehead atoms. The van der Waals surface area contributed by atoms with Gasteiger partial charge in [0.25, 0.3) is 0 Å². The van der Waals surface area contributed by atoms with E-state index in [9.17, 15) is 14.4 Å². The van der Waals surface area contributed by atoms with Crippen LogP contribution in [0.4, 0.5) is 0 Å². The van der Waals surface area contributed by atoms with Gasteiger partial charge in [-0.1, -0.05) is 36.0 Å². The average Bonchev–Trinajstić information content (AvgIpc) is 2.81. The standard InChI is InChI=1S/C17H17Cl2NO4/c18-13-6-5-10(9-14(13)19)24-15(21)7-8-20-16(22)11-3-1-2-4-12(11)17(20)23/h5-6,9,11-12H,1-4,7-8H2/t11-,12-/m1/s1. The Morgan fingerprint density at radius 3 is 2.29 bits per heavy atom. The lowest BCUT2D eigenvalue weighted by Gasteiger charge is -2.19. The molecule has 0 aromatic heterocycles. The lowest BCUT2D eigenvalue weighted by atomic mass is 9.81. The highest BCUT2D eigenvalue weighted by atomic mass is 35.5. The smallest absolute Gasteiger partial charge is 0.312 e. The van der Waals surface area contributed by atoms with E-state index in [1.54, 1.807) is 0 Å². The Morgan fingerprint density at radius 1 is 1.08 bits per heavy atom. The summed E-state index contributed by atoms with van der Waals surface area (Å²) in [6.45, 7) is 0.0603. The van der Waals surface area contributed by atoms with Crippen molar-refractivity contribution in [3.63, 3.8) is 0 Å². The zero-order valence-corrected chi connectivity index (χ0v) is 14.5. The molecule has 2 fully saturated rings. The number of halogens is 2. The summed E-state index contributed by atoms with van der Waals surface area (Å²) in [4.78, 5) is 37.8. The molecule has 1 heterocycles. The van der Waals surface area contributed by atoms with Crippen molar-refractivity contribution >= 4 is 41.0 Å². The first kappa shape index (κ1) is 17.2. The predicted octanol–water partition coefficient (Wildman–Crippen LogP) is 3.46. The van der Waals surface area contributed by atoms with Crippen molar-refractivity contribution in [2.45, 2.75) is 32.1 Å². The van der Waals surface area contributed by atoms with E-state index < -0.39 is 5.97 Å². The number of amides is 2. The fourth-order valence-electron chi connectivity index (χ4n) is 3.38. The summed E-state index contributed by atoms with van der Waals surface area (Å²) in [7, 11) is 0. The molecule has 2 aliphatic rings. The number of ether oxygens (including phenoxy) is 1. The van der Waals surface area contributed by atoms with Gasteiger partial charge in [0.2, 0.25) is 11.8 Å². The molecule has 0 N–H and O–H groups in total. The molecule has 1 saturated carbocycles. The highest BCUT2D eigenvalue weighted by molar-refractivity contribution is 6.42. The van der Waals surface area contributed by atoms with Crippen LogP contribution in [0.1, 0.15) is 32.1 Å². The maximum absolute atomic E-state index is 12.3. The largest absolute Gasteiger partial charge is 0.426 e. The number of rotatable bonds is 4. The first-order valence-electron chi connectivity index (χ1n) is 7.98. The molecule has 7 heteroatoms. The molecule has 2 atom stereocenters. The highest BCUT2D eigenvalue weighted by Crippen LogP contribution is 2.38. The summed E-state index contributed by atoms with van der Waals surface area (Å²) in [6.07, 6.45) is 3.44. The number of benzene rings is 1. The van der Waals surface area contributed by atoms with Crippen molar-refractivity contribution < 1.29 is 19.1 Å². The minimum Gasteiger partial charge on any atom is -0.426 e. The SMILES string of the molecule is O=C(CCN1C(=O)[C@@H]2CCCC[C@H]2C1=O)Oc1ccc(Cl)c(Cl)c1. The molecule has 0 unspecified atom stereocenters. The summed E-state index contributed by atoms with van der Waals surface area (Å²) in [6, 6.07) is 4.51. The molecule has 1 saturated heterocycles. The maximum atomic E-state index is 12.3. The van der Waals surface area contributed by atoms with Gasteiger partial charge in [0.05, 0.1) is 28.3 Å². The first-order valence-corrected chi connectivity index (χ1v) is 8.74. The van der Waals surface area contributed by atoms with E-state index >= 15 is 0 Å². The van der Waals surface area contributed by atoms with E-state index in [0.29, 0.717) is 5.02 Å². The van der Waals surface area contributed by atoms with E-state index in [0.717, 1.165) is 25.7 Å². The summed E-state index contributed by atoms with van der Waals surface area (Å²) in [5.74, 6) is -0.931. The zero-order valence-electron chi connectivity index (χ0n) is 13.0. The summed E-state index contributed by atoms with van der Waals surface area (Å²) in [5, 5.41) is 0.656. The van der Waals surface area contributed by atoms with E-state index in [1.165, 1.54) is 23.1 Å². The fraction of sp³-hybridized carbons (Fsp3) is 0.471. The topological polar surface area (TPSA) is 63.7 Å². The third kappa shape index (κ3) is 3.42. The van der Waals surface area contributed by atoms with Gasteiger partial charge in [0.1, 0.15) is 5.75 Å². The van der Waals surface area contributed by atoms with E-state index in [1.807, 2.05) is 0 Å². The number of fused-ring (bicyclic) bond motifs is 1. The Balaban J connectivity index is 1.57. The third-order valence-corrected chi connectivity index (χ3v) is 5.33. The lowest BCUT2D eigenvalue weighted by Crippen LogP contribution is -2.33. The van der Waals surface area contributed by atoms with Gasteiger partial charge in [0.15, 0.2) is 0 Å². The van der Waals surface area contributed by atoms with Crippen molar-refractivity contribution in [2.24, 2.45) is 11.8 Å². The summed E-state index contributed by atoms with van der Waals surface area (Å²) < 4.78 is 5.17. The number of nitrogens with zero attached hydrogens (tertiary/aromatic N) is 1. The third-order valence-electron chi connectivity index (χ3n) is 4.59. The predicted molar refractivity (Wildman–Crippen MR) is 88.9 cm³/mol. The Labute approximate surface area is 149 Å². The van der Waals surface area contributed by atoms with Crippen LogP contribution in [0.2, 0.25) is 10.0 Å². The van der Waals surface area contributed by atoms with Gasteiger partial charge in [-0.2, -0.15) is 0 Å². The number of carbonyl (C=O) groups is 3. The van der Waals surface area contributed by atoms with Gasteiger partial charge in [0, 0.05) is 12.6 Å². The van der Waals surface area contributed by atoms with Crippen LogP contribution in [-0.4, -0.2) is 29.2 Å². The second-order valence-electron chi connectivity index (χ2n) is 6.13. The van der Waals surface area contributed by atoms with E-state index in [4.69, 9.17) is 27.9 Å². The molecule has 128 valence electrons. The molecule has 0 radical (unpaired) electrons. The number of esters is 1. The second-order valence-corrected chi connectivity index (χ2v) is 6.94. The molecule has 0 spiro atoms. The van der Waals surface area contributed by atoms with Crippen LogP contribution in [0.5, 0.6) is 5.75 Å². The molecule has 1 aliphatic carbocycles. The number of likely N-dealkylation sites (tertiary alicyclic amines) is 1. The molecular formula is C17H17Cl2NO4. The van der Waals surface area contributed by atoms with Gasteiger partial charge in [-0.15, -0.1) is 0 Å². The Morgan fingerprint density at radius 2 is 1.71 bits per heavy atom. The minimum atomic E-state index is -0.524. The van der Waals surface area contributed by atoms with Crippen LogP contribution < -0.4 is 4.74 Å². The summed E-state index contributed by atoms with van der Waals surface area (Å²) >= 11 is 11.7. The second kappa shape index (κ2) is 7.11.